The number of rotatable bonds is 8. The maximum Gasteiger partial charge on any atom is 0.417 e. The Balaban J connectivity index is 2.22. The molecular weight excluding hydrogens is 356 g/mol. The first kappa shape index (κ1) is 21.3. The number of imide groups is 1. The summed E-state index contributed by atoms with van der Waals surface area (Å²) in [6.45, 7) is 3.56. The van der Waals surface area contributed by atoms with E-state index in [0.29, 0.717) is 6.29 Å². The number of carbonyl (C=O) groups is 3. The third-order valence-corrected chi connectivity index (χ3v) is 4.42. The van der Waals surface area contributed by atoms with Gasteiger partial charge in [-0.1, -0.05) is 74.5 Å². The summed E-state index contributed by atoms with van der Waals surface area (Å²) in [5, 5.41) is 0. The highest BCUT2D eigenvalue weighted by molar-refractivity contribution is 5.97. The SMILES string of the molecule is CC(C)[C@H](N)C(=O)N(C(=O)OCc1ccccc1)[C@H](C=O)Cc1ccccc1. The van der Waals surface area contributed by atoms with Crippen LogP contribution in [-0.2, 0) is 27.4 Å². The molecule has 0 spiro atoms. The third-order valence-electron chi connectivity index (χ3n) is 4.42. The number of carbonyl (C=O) groups excluding carboxylic acids is 3. The van der Waals surface area contributed by atoms with Crippen molar-refractivity contribution < 1.29 is 19.1 Å². The minimum Gasteiger partial charge on any atom is -0.444 e. The molecule has 6 nitrogen and oxygen atoms in total. The summed E-state index contributed by atoms with van der Waals surface area (Å²) in [4.78, 5) is 38.3. The van der Waals surface area contributed by atoms with Gasteiger partial charge in [0.05, 0.1) is 6.04 Å². The monoisotopic (exact) mass is 382 g/mol. The van der Waals surface area contributed by atoms with Gasteiger partial charge >= 0.3 is 6.09 Å². The number of amides is 2. The van der Waals surface area contributed by atoms with Crippen LogP contribution in [0.1, 0.15) is 25.0 Å². The molecule has 148 valence electrons. The smallest absolute Gasteiger partial charge is 0.417 e. The Morgan fingerprint density at radius 3 is 2.04 bits per heavy atom. The molecule has 2 N–H and O–H groups in total. The van der Waals surface area contributed by atoms with E-state index in [2.05, 4.69) is 0 Å². The summed E-state index contributed by atoms with van der Waals surface area (Å²) >= 11 is 0. The average Bonchev–Trinajstić information content (AvgIpc) is 2.72. The lowest BCUT2D eigenvalue weighted by Crippen LogP contribution is -2.54. The second kappa shape index (κ2) is 10.4. The van der Waals surface area contributed by atoms with Gasteiger partial charge in [0.15, 0.2) is 0 Å². The second-order valence-corrected chi connectivity index (χ2v) is 6.91. The summed E-state index contributed by atoms with van der Waals surface area (Å²) in [5.74, 6) is -0.818. The zero-order valence-electron chi connectivity index (χ0n) is 16.2. The van der Waals surface area contributed by atoms with Gasteiger partial charge in [-0.15, -0.1) is 0 Å². The van der Waals surface area contributed by atoms with Gasteiger partial charge in [0.2, 0.25) is 5.91 Å². The van der Waals surface area contributed by atoms with Gasteiger partial charge in [0.25, 0.3) is 0 Å². The predicted molar refractivity (Wildman–Crippen MR) is 106 cm³/mol. The average molecular weight is 382 g/mol. The van der Waals surface area contributed by atoms with Gasteiger partial charge in [0.1, 0.15) is 18.9 Å². The van der Waals surface area contributed by atoms with Crippen molar-refractivity contribution in [1.29, 1.82) is 0 Å². The second-order valence-electron chi connectivity index (χ2n) is 6.91. The highest BCUT2D eigenvalue weighted by Crippen LogP contribution is 2.14. The van der Waals surface area contributed by atoms with Gasteiger partial charge in [-0.2, -0.15) is 0 Å². The fourth-order valence-electron chi connectivity index (χ4n) is 2.68. The largest absolute Gasteiger partial charge is 0.444 e. The highest BCUT2D eigenvalue weighted by Gasteiger charge is 2.35. The lowest BCUT2D eigenvalue weighted by molar-refractivity contribution is -0.136. The summed E-state index contributed by atoms with van der Waals surface area (Å²) in [7, 11) is 0. The molecule has 0 radical (unpaired) electrons. The topological polar surface area (TPSA) is 89.7 Å². The molecule has 2 aromatic rings. The van der Waals surface area contributed by atoms with E-state index in [4.69, 9.17) is 10.5 Å². The number of ether oxygens (including phenoxy) is 1. The van der Waals surface area contributed by atoms with Gasteiger partial charge in [-0.25, -0.2) is 9.69 Å². The van der Waals surface area contributed by atoms with E-state index in [1.165, 1.54) is 0 Å². The van der Waals surface area contributed by atoms with E-state index in [1.807, 2.05) is 48.5 Å². The fraction of sp³-hybridized carbons (Fsp3) is 0.318. The van der Waals surface area contributed by atoms with E-state index in [9.17, 15) is 14.4 Å². The molecule has 2 aromatic carbocycles. The maximum atomic E-state index is 12.9. The highest BCUT2D eigenvalue weighted by atomic mass is 16.6. The van der Waals surface area contributed by atoms with Crippen LogP contribution in [0.5, 0.6) is 0 Å². The molecule has 6 heteroatoms. The van der Waals surface area contributed by atoms with Crippen molar-refractivity contribution >= 4 is 18.3 Å². The van der Waals surface area contributed by atoms with Crippen molar-refractivity contribution in [2.24, 2.45) is 11.7 Å². The number of aldehydes is 1. The van der Waals surface area contributed by atoms with Gasteiger partial charge < -0.3 is 15.3 Å². The lowest BCUT2D eigenvalue weighted by Gasteiger charge is -2.29. The predicted octanol–water partition coefficient (Wildman–Crippen LogP) is 2.95. The molecule has 2 atom stereocenters. The molecule has 28 heavy (non-hydrogen) atoms. The molecular formula is C22H26N2O4. The van der Waals surface area contributed by atoms with Crippen molar-refractivity contribution in [3.05, 3.63) is 71.8 Å². The van der Waals surface area contributed by atoms with Crippen LogP contribution in [0.4, 0.5) is 4.79 Å². The fourth-order valence-corrected chi connectivity index (χ4v) is 2.68. The molecule has 2 amide bonds. The Bertz CT molecular complexity index is 778. The van der Waals surface area contributed by atoms with Crippen LogP contribution in [0, 0.1) is 5.92 Å². The van der Waals surface area contributed by atoms with Gasteiger partial charge in [-0.05, 0) is 17.0 Å². The molecule has 0 saturated heterocycles. The molecule has 0 aliphatic carbocycles. The standard InChI is InChI=1S/C22H26N2O4/c1-16(2)20(23)21(26)24(19(14-25)13-17-9-5-3-6-10-17)22(27)28-15-18-11-7-4-8-12-18/h3-12,14,16,19-20H,13,15,23H2,1-2H3/t19-,20-/m0/s1. The Labute approximate surface area is 165 Å². The summed E-state index contributed by atoms with van der Waals surface area (Å²) in [6, 6.07) is 16.4. The molecule has 0 saturated carbocycles. The number of nitrogens with two attached hydrogens (primary N) is 1. The van der Waals surface area contributed by atoms with E-state index in [0.717, 1.165) is 16.0 Å². The quantitative estimate of drug-likeness (QED) is 0.709. The zero-order valence-corrected chi connectivity index (χ0v) is 16.2. The molecule has 0 aliphatic heterocycles. The first-order valence-electron chi connectivity index (χ1n) is 9.22. The van der Waals surface area contributed by atoms with E-state index in [-0.39, 0.29) is 18.9 Å². The Hall–Kier alpha value is -2.99. The zero-order chi connectivity index (χ0) is 20.5. The van der Waals surface area contributed by atoms with Crippen LogP contribution < -0.4 is 5.73 Å². The summed E-state index contributed by atoms with van der Waals surface area (Å²) in [6.07, 6.45) is -0.0961. The van der Waals surface area contributed by atoms with Gasteiger partial charge in [0, 0.05) is 6.42 Å². The van der Waals surface area contributed by atoms with Crippen molar-refractivity contribution in [3.63, 3.8) is 0 Å². The summed E-state index contributed by atoms with van der Waals surface area (Å²) in [5.41, 5.74) is 7.58. The Kier molecular flexibility index (Phi) is 7.89. The number of benzene rings is 2. The van der Waals surface area contributed by atoms with Crippen molar-refractivity contribution in [2.75, 3.05) is 0 Å². The van der Waals surface area contributed by atoms with Crippen molar-refractivity contribution in [3.8, 4) is 0 Å². The minimum absolute atomic E-state index is 0.00269. The van der Waals surface area contributed by atoms with E-state index >= 15 is 0 Å². The van der Waals surface area contributed by atoms with Crippen LogP contribution in [-0.4, -0.2) is 35.3 Å². The van der Waals surface area contributed by atoms with E-state index in [1.54, 1.807) is 26.0 Å². The van der Waals surface area contributed by atoms with Gasteiger partial charge in [-0.3, -0.25) is 4.79 Å². The van der Waals surface area contributed by atoms with Crippen LogP contribution >= 0.6 is 0 Å². The van der Waals surface area contributed by atoms with Crippen molar-refractivity contribution in [1.82, 2.24) is 4.90 Å². The van der Waals surface area contributed by atoms with E-state index < -0.39 is 24.1 Å². The molecule has 0 aliphatic rings. The third kappa shape index (κ3) is 5.76. The van der Waals surface area contributed by atoms with Crippen LogP contribution in [0.3, 0.4) is 0 Å². The maximum absolute atomic E-state index is 12.9. The first-order chi connectivity index (χ1) is 13.4. The molecule has 0 bridgehead atoms. The molecule has 0 unspecified atom stereocenters. The number of nitrogens with zero attached hydrogens (tertiary/aromatic N) is 1. The summed E-state index contributed by atoms with van der Waals surface area (Å²) < 4.78 is 5.31. The first-order valence-corrected chi connectivity index (χ1v) is 9.22. The minimum atomic E-state index is -0.997. The number of hydrogen-bond acceptors (Lipinski definition) is 5. The van der Waals surface area contributed by atoms with Crippen molar-refractivity contribution in [2.45, 2.75) is 39.0 Å². The molecule has 0 heterocycles. The normalized spacial score (nSPS) is 12.9. The van der Waals surface area contributed by atoms with Crippen LogP contribution in [0.2, 0.25) is 0 Å². The Morgan fingerprint density at radius 1 is 1.00 bits per heavy atom. The number of hydrogen-bond donors (Lipinski definition) is 1. The molecule has 0 aromatic heterocycles. The molecule has 2 rings (SSSR count). The van der Waals surface area contributed by atoms with Crippen LogP contribution in [0.15, 0.2) is 60.7 Å². The lowest BCUT2D eigenvalue weighted by atomic mass is 10.0. The Morgan fingerprint density at radius 2 is 1.54 bits per heavy atom. The molecule has 0 fully saturated rings. The van der Waals surface area contributed by atoms with Crippen LogP contribution in [0.25, 0.3) is 0 Å².